The van der Waals surface area contributed by atoms with E-state index in [1.807, 2.05) is 6.92 Å². The van der Waals surface area contributed by atoms with Crippen LogP contribution in [0.15, 0.2) is 12.0 Å². The van der Waals surface area contributed by atoms with E-state index in [-0.39, 0.29) is 0 Å². The molecule has 9 heavy (non-hydrogen) atoms. The van der Waals surface area contributed by atoms with Gasteiger partial charge < -0.3 is 15.5 Å². The van der Waals surface area contributed by atoms with Crippen molar-refractivity contribution in [1.82, 2.24) is 5.32 Å². The second-order valence-corrected chi connectivity index (χ2v) is 1.41. The first-order chi connectivity index (χ1) is 4.35. The fourth-order valence-corrected chi connectivity index (χ4v) is 0.434. The molecule has 0 aromatic carbocycles. The van der Waals surface area contributed by atoms with E-state index in [1.165, 1.54) is 6.21 Å². The van der Waals surface area contributed by atoms with Crippen LogP contribution in [0.1, 0.15) is 6.92 Å². The van der Waals surface area contributed by atoms with Gasteiger partial charge in [-0.3, -0.25) is 0 Å². The minimum atomic E-state index is 0.556. The van der Waals surface area contributed by atoms with Crippen LogP contribution in [-0.2, 0) is 4.74 Å². The summed E-state index contributed by atoms with van der Waals surface area (Å²) in [7, 11) is 1.77. The molecule has 0 aliphatic heterocycles. The molecule has 0 aromatic rings. The summed E-state index contributed by atoms with van der Waals surface area (Å²) in [6, 6.07) is 0. The first-order valence-corrected chi connectivity index (χ1v) is 2.85. The molecular weight excluding hydrogens is 116 g/mol. The molecule has 0 radical (unpaired) electrons. The molecule has 0 heterocycles. The van der Waals surface area contributed by atoms with Gasteiger partial charge in [0, 0.05) is 13.2 Å². The maximum atomic E-state index is 6.81. The third-order valence-corrected chi connectivity index (χ3v) is 0.740. The van der Waals surface area contributed by atoms with Crippen LogP contribution in [-0.4, -0.2) is 19.9 Å². The van der Waals surface area contributed by atoms with Crippen LogP contribution >= 0.6 is 0 Å². The van der Waals surface area contributed by atoms with Crippen LogP contribution in [0.25, 0.3) is 0 Å². The second-order valence-electron chi connectivity index (χ2n) is 1.41. The third kappa shape index (κ3) is 3.58. The molecule has 3 nitrogen and oxygen atoms in total. The zero-order valence-electron chi connectivity index (χ0n) is 5.77. The number of rotatable bonds is 4. The smallest absolute Gasteiger partial charge is 0.152 e. The van der Waals surface area contributed by atoms with E-state index in [1.54, 1.807) is 13.2 Å². The van der Waals surface area contributed by atoms with Crippen LogP contribution < -0.4 is 5.32 Å². The molecule has 0 fully saturated rings. The van der Waals surface area contributed by atoms with Gasteiger partial charge in [-0.15, -0.1) is 0 Å². The maximum Gasteiger partial charge on any atom is 0.152 e. The van der Waals surface area contributed by atoms with Crippen LogP contribution in [0.5, 0.6) is 0 Å². The molecule has 0 spiro atoms. The molecule has 0 aromatic heterocycles. The van der Waals surface area contributed by atoms with Crippen LogP contribution in [0, 0.1) is 5.41 Å². The van der Waals surface area contributed by atoms with Crippen molar-refractivity contribution in [3.05, 3.63) is 12.0 Å². The minimum absolute atomic E-state index is 0.556. The average Bonchev–Trinajstić information content (AvgIpc) is 1.88. The summed E-state index contributed by atoms with van der Waals surface area (Å²) in [4.78, 5) is 0. The van der Waals surface area contributed by atoms with Gasteiger partial charge >= 0.3 is 0 Å². The molecule has 0 unspecified atom stereocenters. The Labute approximate surface area is 55.2 Å². The normalized spacial score (nSPS) is 10.7. The third-order valence-electron chi connectivity index (χ3n) is 0.740. The fourth-order valence-electron chi connectivity index (χ4n) is 0.434. The van der Waals surface area contributed by atoms with Gasteiger partial charge in [-0.05, 0) is 6.92 Å². The highest BCUT2D eigenvalue weighted by Crippen LogP contribution is 1.88. The lowest BCUT2D eigenvalue weighted by atomic mass is 10.6. The SMILES string of the molecule is CCO/C(C=N)=C/NC. The number of nitrogens with one attached hydrogen (secondary N) is 2. The lowest BCUT2D eigenvalue weighted by Gasteiger charge is -2.00. The lowest BCUT2D eigenvalue weighted by molar-refractivity contribution is 0.249. The zero-order chi connectivity index (χ0) is 7.11. The van der Waals surface area contributed by atoms with E-state index in [2.05, 4.69) is 5.32 Å². The van der Waals surface area contributed by atoms with Gasteiger partial charge in [-0.25, -0.2) is 0 Å². The highest BCUT2D eigenvalue weighted by Gasteiger charge is 1.86. The van der Waals surface area contributed by atoms with Gasteiger partial charge in [-0.2, -0.15) is 0 Å². The maximum absolute atomic E-state index is 6.81. The van der Waals surface area contributed by atoms with E-state index >= 15 is 0 Å². The molecule has 0 saturated carbocycles. The predicted molar refractivity (Wildman–Crippen MR) is 37.6 cm³/mol. The van der Waals surface area contributed by atoms with Crippen molar-refractivity contribution in [2.75, 3.05) is 13.7 Å². The Balaban J connectivity index is 3.66. The van der Waals surface area contributed by atoms with E-state index in [9.17, 15) is 0 Å². The van der Waals surface area contributed by atoms with E-state index in [0.717, 1.165) is 0 Å². The molecule has 0 rings (SSSR count). The zero-order valence-corrected chi connectivity index (χ0v) is 5.77. The molecule has 0 aliphatic carbocycles. The topological polar surface area (TPSA) is 45.1 Å². The molecule has 0 aliphatic rings. The Kier molecular flexibility index (Phi) is 4.59. The Morgan fingerprint density at radius 1 is 1.78 bits per heavy atom. The largest absolute Gasteiger partial charge is 0.491 e. The summed E-state index contributed by atoms with van der Waals surface area (Å²) >= 11 is 0. The van der Waals surface area contributed by atoms with Crippen molar-refractivity contribution in [3.8, 4) is 0 Å². The predicted octanol–water partition coefficient (Wildman–Crippen LogP) is 0.733. The van der Waals surface area contributed by atoms with Gasteiger partial charge in [0.15, 0.2) is 5.76 Å². The monoisotopic (exact) mass is 128 g/mol. The van der Waals surface area contributed by atoms with Gasteiger partial charge in [0.1, 0.15) is 0 Å². The highest BCUT2D eigenvalue weighted by atomic mass is 16.5. The summed E-state index contributed by atoms with van der Waals surface area (Å²) in [6.45, 7) is 2.48. The molecular formula is C6H12N2O. The fraction of sp³-hybridized carbons (Fsp3) is 0.500. The van der Waals surface area contributed by atoms with Gasteiger partial charge in [-0.1, -0.05) is 0 Å². The second kappa shape index (κ2) is 5.15. The lowest BCUT2D eigenvalue weighted by Crippen LogP contribution is -2.00. The Bertz CT molecular complexity index is 110. The number of allylic oxidation sites excluding steroid dienone is 1. The van der Waals surface area contributed by atoms with Crippen molar-refractivity contribution in [2.45, 2.75) is 6.92 Å². The first kappa shape index (κ1) is 8.01. The molecule has 0 amide bonds. The van der Waals surface area contributed by atoms with E-state index in [0.29, 0.717) is 12.4 Å². The minimum Gasteiger partial charge on any atom is -0.491 e. The van der Waals surface area contributed by atoms with E-state index < -0.39 is 0 Å². The van der Waals surface area contributed by atoms with Gasteiger partial charge in [0.05, 0.1) is 12.8 Å². The number of ether oxygens (including phenoxy) is 1. The molecule has 52 valence electrons. The molecule has 0 saturated heterocycles. The Morgan fingerprint density at radius 3 is 2.78 bits per heavy atom. The van der Waals surface area contributed by atoms with Gasteiger partial charge in [0.25, 0.3) is 0 Å². The standard InChI is InChI=1S/C6H12N2O/c1-3-9-6(4-7)5-8-2/h4-5,7-8H,3H2,1-2H3/b6-5+,7-4?. The van der Waals surface area contributed by atoms with Crippen LogP contribution in [0.4, 0.5) is 0 Å². The van der Waals surface area contributed by atoms with Gasteiger partial charge in [0.2, 0.25) is 0 Å². The van der Waals surface area contributed by atoms with Crippen molar-refractivity contribution in [3.63, 3.8) is 0 Å². The number of hydrogen-bond acceptors (Lipinski definition) is 3. The van der Waals surface area contributed by atoms with Crippen molar-refractivity contribution in [2.24, 2.45) is 0 Å². The van der Waals surface area contributed by atoms with E-state index in [4.69, 9.17) is 10.1 Å². The summed E-state index contributed by atoms with van der Waals surface area (Å²) in [5.74, 6) is 0.556. The summed E-state index contributed by atoms with van der Waals surface area (Å²) in [5.41, 5.74) is 0. The van der Waals surface area contributed by atoms with Crippen molar-refractivity contribution in [1.29, 1.82) is 5.41 Å². The summed E-state index contributed by atoms with van der Waals surface area (Å²) < 4.78 is 4.99. The first-order valence-electron chi connectivity index (χ1n) is 2.85. The van der Waals surface area contributed by atoms with Crippen LogP contribution in [0.2, 0.25) is 0 Å². The number of hydrogen-bond donors (Lipinski definition) is 2. The molecule has 0 atom stereocenters. The molecule has 2 N–H and O–H groups in total. The quantitative estimate of drug-likeness (QED) is 0.433. The molecule has 0 bridgehead atoms. The summed E-state index contributed by atoms with van der Waals surface area (Å²) in [6.07, 6.45) is 2.80. The van der Waals surface area contributed by atoms with Crippen molar-refractivity contribution < 1.29 is 4.74 Å². The van der Waals surface area contributed by atoms with Crippen molar-refractivity contribution >= 4 is 6.21 Å². The molecule has 3 heteroatoms. The highest BCUT2D eigenvalue weighted by molar-refractivity contribution is 5.72. The summed E-state index contributed by atoms with van der Waals surface area (Å²) in [5, 5.41) is 9.57. The average molecular weight is 128 g/mol. The Hall–Kier alpha value is -0.990. The van der Waals surface area contributed by atoms with Crippen LogP contribution in [0.3, 0.4) is 0 Å². The Morgan fingerprint density at radius 2 is 2.44 bits per heavy atom.